The summed E-state index contributed by atoms with van der Waals surface area (Å²) in [7, 11) is 0. The Kier molecular flexibility index (Phi) is 21.6. The van der Waals surface area contributed by atoms with Gasteiger partial charge in [-0.3, -0.25) is 19.6 Å². The lowest BCUT2D eigenvalue weighted by atomic mass is 10.2. The molecule has 0 aliphatic carbocycles. The molecule has 0 fully saturated rings. The van der Waals surface area contributed by atoms with E-state index in [9.17, 15) is 14.4 Å². The molecule has 0 bridgehead atoms. The topological polar surface area (TPSA) is 120 Å². The highest BCUT2D eigenvalue weighted by Gasteiger charge is 2.20. The normalized spacial score (nSPS) is 10.7. The molecule has 4 rings (SSSR count). The molecule has 2 amide bonds. The van der Waals surface area contributed by atoms with Crippen molar-refractivity contribution in [2.24, 2.45) is 0 Å². The highest BCUT2D eigenvalue weighted by atomic mass is 16.7. The van der Waals surface area contributed by atoms with Gasteiger partial charge in [0.1, 0.15) is 6.29 Å². The third-order valence-corrected chi connectivity index (χ3v) is 7.94. The van der Waals surface area contributed by atoms with Gasteiger partial charge in [0.15, 0.2) is 6.29 Å². The standard InChI is InChI=1S/C23H32N2O4.C19H22N2O3/c1-3-28-23(29-4-2)19-25(18-21-11-8-14-24-17-21)22(26)13-16-27-15-12-20-9-6-5-7-10-20;22-12-11-21(16-18-7-4-10-20-15-18)19(23)9-14-24-13-8-17-5-2-1-3-6-17/h5-11,14,17,23H,3-4,12-13,15-16,18-19H2,1-2H3;1-7,10,12,15H,8-9,11,13-14,16H2. The first-order valence-electron chi connectivity index (χ1n) is 18.3. The van der Waals surface area contributed by atoms with E-state index < -0.39 is 6.29 Å². The van der Waals surface area contributed by atoms with Crippen molar-refractivity contribution in [3.63, 3.8) is 0 Å². The van der Waals surface area contributed by atoms with Crippen LogP contribution in [0.15, 0.2) is 110 Å². The Morgan fingerprint density at radius 1 is 0.623 bits per heavy atom. The summed E-state index contributed by atoms with van der Waals surface area (Å²) < 4.78 is 22.5. The molecule has 0 aliphatic heterocycles. The Labute approximate surface area is 314 Å². The second-order valence-electron chi connectivity index (χ2n) is 12.0. The van der Waals surface area contributed by atoms with Gasteiger partial charge < -0.3 is 33.5 Å². The van der Waals surface area contributed by atoms with Crippen LogP contribution in [0.3, 0.4) is 0 Å². The van der Waals surface area contributed by atoms with E-state index in [0.29, 0.717) is 65.7 Å². The number of ether oxygens (including phenoxy) is 4. The molecule has 284 valence electrons. The SMILES string of the molecule is CCOC(CN(Cc1cccnc1)C(=O)CCOCCc1ccccc1)OCC.O=CCN(Cc1cccnc1)C(=O)CCOCCc1ccccc1. The van der Waals surface area contributed by atoms with Crippen molar-refractivity contribution >= 4 is 18.1 Å². The number of benzene rings is 2. The lowest BCUT2D eigenvalue weighted by Gasteiger charge is -2.27. The van der Waals surface area contributed by atoms with Crippen LogP contribution in [-0.2, 0) is 59.3 Å². The van der Waals surface area contributed by atoms with Crippen molar-refractivity contribution in [3.05, 3.63) is 132 Å². The Morgan fingerprint density at radius 3 is 1.51 bits per heavy atom. The maximum atomic E-state index is 12.8. The second-order valence-corrected chi connectivity index (χ2v) is 12.0. The van der Waals surface area contributed by atoms with Crippen LogP contribution in [0.1, 0.15) is 48.9 Å². The lowest BCUT2D eigenvalue weighted by molar-refractivity contribution is -0.160. The van der Waals surface area contributed by atoms with E-state index in [-0.39, 0.29) is 24.8 Å². The number of aromatic nitrogens is 2. The van der Waals surface area contributed by atoms with Crippen LogP contribution in [0.5, 0.6) is 0 Å². The van der Waals surface area contributed by atoms with E-state index in [0.717, 1.165) is 30.3 Å². The molecule has 11 heteroatoms. The van der Waals surface area contributed by atoms with Crippen LogP contribution in [0, 0.1) is 0 Å². The maximum absolute atomic E-state index is 12.8. The zero-order valence-corrected chi connectivity index (χ0v) is 31.1. The highest BCUT2D eigenvalue weighted by Crippen LogP contribution is 2.10. The Hall–Kier alpha value is -4.81. The molecule has 53 heavy (non-hydrogen) atoms. The molecule has 0 saturated carbocycles. The average Bonchev–Trinajstić information content (AvgIpc) is 3.19. The van der Waals surface area contributed by atoms with Crippen molar-refractivity contribution in [3.8, 4) is 0 Å². The van der Waals surface area contributed by atoms with Crippen LogP contribution in [-0.4, -0.2) is 96.9 Å². The molecular weight excluding hydrogens is 672 g/mol. The van der Waals surface area contributed by atoms with Gasteiger partial charge in [0, 0.05) is 51.1 Å². The third-order valence-electron chi connectivity index (χ3n) is 7.94. The molecule has 2 heterocycles. The Balaban J connectivity index is 0.000000290. The quantitative estimate of drug-likeness (QED) is 0.0508. The Bertz CT molecular complexity index is 1530. The summed E-state index contributed by atoms with van der Waals surface area (Å²) in [5.74, 6) is -0.0800. The van der Waals surface area contributed by atoms with Gasteiger partial charge in [-0.1, -0.05) is 72.8 Å². The molecule has 0 N–H and O–H groups in total. The van der Waals surface area contributed by atoms with Crippen LogP contribution >= 0.6 is 0 Å². The summed E-state index contributed by atoms with van der Waals surface area (Å²) in [6.07, 6.45) is 9.41. The van der Waals surface area contributed by atoms with Crippen molar-refractivity contribution in [1.82, 2.24) is 19.8 Å². The smallest absolute Gasteiger partial charge is 0.225 e. The number of hydrogen-bond acceptors (Lipinski definition) is 9. The summed E-state index contributed by atoms with van der Waals surface area (Å²) in [6, 6.07) is 27.8. The fourth-order valence-corrected chi connectivity index (χ4v) is 5.24. The minimum atomic E-state index is -0.440. The van der Waals surface area contributed by atoms with Gasteiger partial charge in [-0.05, 0) is 61.1 Å². The molecule has 2 aromatic heterocycles. The van der Waals surface area contributed by atoms with Crippen LogP contribution in [0.25, 0.3) is 0 Å². The zero-order chi connectivity index (χ0) is 37.8. The fraction of sp³-hybridized carbons (Fsp3) is 0.405. The molecule has 0 saturated heterocycles. The summed E-state index contributed by atoms with van der Waals surface area (Å²) in [4.78, 5) is 47.3. The van der Waals surface area contributed by atoms with E-state index in [1.54, 1.807) is 29.7 Å². The number of nitrogens with zero attached hydrogens (tertiary/aromatic N) is 4. The number of carbonyl (C=O) groups excluding carboxylic acids is 3. The van der Waals surface area contributed by atoms with Crippen LogP contribution in [0.4, 0.5) is 0 Å². The van der Waals surface area contributed by atoms with Gasteiger partial charge in [0.25, 0.3) is 0 Å². The number of amides is 2. The predicted molar refractivity (Wildman–Crippen MR) is 204 cm³/mol. The molecule has 0 radical (unpaired) electrons. The van der Waals surface area contributed by atoms with Gasteiger partial charge in [-0.15, -0.1) is 0 Å². The van der Waals surface area contributed by atoms with Gasteiger partial charge in [0.05, 0.1) is 52.4 Å². The summed E-state index contributed by atoms with van der Waals surface area (Å²) >= 11 is 0. The first-order chi connectivity index (χ1) is 26.0. The molecule has 0 aliphatic rings. The van der Waals surface area contributed by atoms with E-state index in [1.165, 1.54) is 16.0 Å². The lowest BCUT2D eigenvalue weighted by Crippen LogP contribution is -2.39. The van der Waals surface area contributed by atoms with Crippen molar-refractivity contribution in [1.29, 1.82) is 0 Å². The number of hydrogen-bond donors (Lipinski definition) is 0. The van der Waals surface area contributed by atoms with Gasteiger partial charge in [-0.2, -0.15) is 0 Å². The monoisotopic (exact) mass is 726 g/mol. The van der Waals surface area contributed by atoms with Crippen molar-refractivity contribution in [2.75, 3.05) is 52.7 Å². The fourth-order valence-electron chi connectivity index (χ4n) is 5.24. The minimum Gasteiger partial charge on any atom is -0.381 e. The molecule has 0 unspecified atom stereocenters. The summed E-state index contributed by atoms with van der Waals surface area (Å²) in [5, 5.41) is 0. The average molecular weight is 727 g/mol. The first-order valence-corrected chi connectivity index (χ1v) is 18.3. The third kappa shape index (κ3) is 18.5. The summed E-state index contributed by atoms with van der Waals surface area (Å²) in [6.45, 7) is 8.12. The van der Waals surface area contributed by atoms with E-state index in [1.807, 2.05) is 86.6 Å². The number of rotatable bonds is 24. The van der Waals surface area contributed by atoms with Crippen LogP contribution < -0.4 is 0 Å². The molecule has 0 spiro atoms. The largest absolute Gasteiger partial charge is 0.381 e. The number of aldehydes is 1. The first kappa shape index (κ1) is 42.6. The van der Waals surface area contributed by atoms with E-state index >= 15 is 0 Å². The number of pyridine rings is 2. The molecule has 11 nitrogen and oxygen atoms in total. The van der Waals surface area contributed by atoms with Gasteiger partial charge in [-0.25, -0.2) is 0 Å². The molecule has 0 atom stereocenters. The van der Waals surface area contributed by atoms with E-state index in [4.69, 9.17) is 18.9 Å². The second kappa shape index (κ2) is 26.9. The molecule has 2 aromatic carbocycles. The molecular formula is C42H54N4O7. The van der Waals surface area contributed by atoms with Gasteiger partial charge in [0.2, 0.25) is 11.8 Å². The molecule has 4 aromatic rings. The van der Waals surface area contributed by atoms with Crippen LogP contribution in [0.2, 0.25) is 0 Å². The minimum absolute atomic E-state index is 0.0120. The number of carbonyl (C=O) groups is 3. The van der Waals surface area contributed by atoms with Crippen molar-refractivity contribution < 1.29 is 33.3 Å². The van der Waals surface area contributed by atoms with E-state index in [2.05, 4.69) is 22.1 Å². The Morgan fingerprint density at radius 2 is 1.08 bits per heavy atom. The highest BCUT2D eigenvalue weighted by molar-refractivity contribution is 5.78. The zero-order valence-electron chi connectivity index (χ0n) is 31.1. The summed E-state index contributed by atoms with van der Waals surface area (Å²) in [5.41, 5.74) is 4.31. The van der Waals surface area contributed by atoms with Gasteiger partial charge >= 0.3 is 0 Å². The van der Waals surface area contributed by atoms with Crippen molar-refractivity contribution in [2.45, 2.75) is 58.9 Å². The predicted octanol–water partition coefficient (Wildman–Crippen LogP) is 5.72. The maximum Gasteiger partial charge on any atom is 0.225 e.